The summed E-state index contributed by atoms with van der Waals surface area (Å²) in [4.78, 5) is 2.37. The van der Waals surface area contributed by atoms with E-state index in [2.05, 4.69) is 57.8 Å². The Morgan fingerprint density at radius 2 is 1.89 bits per heavy atom. The Hall–Kier alpha value is -0.860. The molecule has 1 aromatic rings. The Morgan fingerprint density at radius 3 is 2.50 bits per heavy atom. The van der Waals surface area contributed by atoms with Gasteiger partial charge in [0.1, 0.15) is 0 Å². The molecule has 18 heavy (non-hydrogen) atoms. The van der Waals surface area contributed by atoms with Crippen molar-refractivity contribution >= 4 is 0 Å². The molecule has 102 valence electrons. The maximum absolute atomic E-state index is 6.09. The second-order valence-corrected chi connectivity index (χ2v) is 5.79. The normalized spacial score (nSPS) is 13.3. The minimum absolute atomic E-state index is 0.311. The zero-order valence-electron chi connectivity index (χ0n) is 12.5. The van der Waals surface area contributed by atoms with Crippen molar-refractivity contribution in [3.63, 3.8) is 0 Å². The summed E-state index contributed by atoms with van der Waals surface area (Å²) in [5.41, 5.74) is 10.3. The van der Waals surface area contributed by atoms with E-state index in [1.165, 1.54) is 16.7 Å². The fourth-order valence-corrected chi connectivity index (χ4v) is 2.06. The molecule has 0 amide bonds. The topological polar surface area (TPSA) is 29.3 Å². The minimum Gasteiger partial charge on any atom is -0.327 e. The number of aryl methyl sites for hydroxylation is 1. The van der Waals surface area contributed by atoms with Crippen molar-refractivity contribution in [2.75, 3.05) is 13.6 Å². The van der Waals surface area contributed by atoms with Crippen LogP contribution in [0.1, 0.15) is 37.0 Å². The number of rotatable bonds is 6. The molecule has 2 nitrogen and oxygen atoms in total. The third kappa shape index (κ3) is 4.43. The minimum atomic E-state index is 0.311. The lowest BCUT2D eigenvalue weighted by atomic mass is 10.0. The molecule has 0 heterocycles. The second kappa shape index (κ2) is 6.91. The van der Waals surface area contributed by atoms with Crippen LogP contribution in [0, 0.1) is 19.8 Å². The van der Waals surface area contributed by atoms with E-state index in [0.717, 1.165) is 19.5 Å². The van der Waals surface area contributed by atoms with Gasteiger partial charge in [-0.3, -0.25) is 0 Å². The van der Waals surface area contributed by atoms with E-state index in [9.17, 15) is 0 Å². The molecule has 0 aliphatic heterocycles. The van der Waals surface area contributed by atoms with Gasteiger partial charge in [-0.05, 0) is 56.5 Å². The smallest absolute Gasteiger partial charge is 0.0233 e. The molecule has 1 atom stereocenters. The summed E-state index contributed by atoms with van der Waals surface area (Å²) in [6.45, 7) is 10.8. The summed E-state index contributed by atoms with van der Waals surface area (Å²) in [7, 11) is 2.18. The first-order valence-electron chi connectivity index (χ1n) is 6.91. The van der Waals surface area contributed by atoms with Crippen LogP contribution in [0.4, 0.5) is 0 Å². The zero-order valence-corrected chi connectivity index (χ0v) is 12.5. The van der Waals surface area contributed by atoms with Crippen LogP contribution < -0.4 is 5.73 Å². The first-order chi connectivity index (χ1) is 8.41. The van der Waals surface area contributed by atoms with Gasteiger partial charge in [0.05, 0.1) is 0 Å². The fraction of sp³-hybridized carbons (Fsp3) is 0.625. The van der Waals surface area contributed by atoms with Gasteiger partial charge in [0.15, 0.2) is 0 Å². The second-order valence-electron chi connectivity index (χ2n) is 5.79. The number of benzene rings is 1. The lowest BCUT2D eigenvalue weighted by Crippen LogP contribution is -2.31. The van der Waals surface area contributed by atoms with Crippen molar-refractivity contribution in [1.29, 1.82) is 0 Å². The van der Waals surface area contributed by atoms with Crippen LogP contribution >= 0.6 is 0 Å². The third-order valence-corrected chi connectivity index (χ3v) is 3.86. The van der Waals surface area contributed by atoms with E-state index in [1.54, 1.807) is 0 Å². The van der Waals surface area contributed by atoms with Crippen molar-refractivity contribution in [3.8, 4) is 0 Å². The molecule has 0 bridgehead atoms. The molecule has 1 unspecified atom stereocenters. The molecular weight excluding hydrogens is 220 g/mol. The molecular formula is C16H28N2. The number of hydrogen-bond donors (Lipinski definition) is 1. The highest BCUT2D eigenvalue weighted by Crippen LogP contribution is 2.14. The van der Waals surface area contributed by atoms with Crippen molar-refractivity contribution in [3.05, 3.63) is 34.9 Å². The van der Waals surface area contributed by atoms with E-state index < -0.39 is 0 Å². The molecule has 0 radical (unpaired) electrons. The zero-order chi connectivity index (χ0) is 13.7. The molecule has 0 saturated carbocycles. The molecule has 0 aromatic heterocycles. The first kappa shape index (κ1) is 15.2. The molecule has 0 aliphatic rings. The molecule has 2 heteroatoms. The largest absolute Gasteiger partial charge is 0.327 e. The Labute approximate surface area is 112 Å². The highest BCUT2D eigenvalue weighted by molar-refractivity contribution is 5.32. The van der Waals surface area contributed by atoms with Crippen molar-refractivity contribution < 1.29 is 0 Å². The summed E-state index contributed by atoms with van der Waals surface area (Å²) < 4.78 is 0. The van der Waals surface area contributed by atoms with Gasteiger partial charge in [-0.2, -0.15) is 0 Å². The van der Waals surface area contributed by atoms with E-state index in [0.29, 0.717) is 12.0 Å². The van der Waals surface area contributed by atoms with E-state index >= 15 is 0 Å². The Kier molecular flexibility index (Phi) is 5.83. The summed E-state index contributed by atoms with van der Waals surface area (Å²) in [5, 5.41) is 0. The molecule has 1 rings (SSSR count). The lowest BCUT2D eigenvalue weighted by molar-refractivity contribution is 0.296. The SMILES string of the molecule is Cc1cccc(CN(C)CCC(N)C(C)C)c1C. The van der Waals surface area contributed by atoms with Gasteiger partial charge in [0.2, 0.25) is 0 Å². The summed E-state index contributed by atoms with van der Waals surface area (Å²) >= 11 is 0. The highest BCUT2D eigenvalue weighted by Gasteiger charge is 2.10. The van der Waals surface area contributed by atoms with Crippen molar-refractivity contribution in [1.82, 2.24) is 4.90 Å². The Morgan fingerprint density at radius 1 is 1.22 bits per heavy atom. The van der Waals surface area contributed by atoms with Crippen molar-refractivity contribution in [2.24, 2.45) is 11.7 Å². The monoisotopic (exact) mass is 248 g/mol. The van der Waals surface area contributed by atoms with E-state index in [1.807, 2.05) is 0 Å². The van der Waals surface area contributed by atoms with Crippen LogP contribution in [0.2, 0.25) is 0 Å². The van der Waals surface area contributed by atoms with E-state index in [4.69, 9.17) is 5.73 Å². The first-order valence-corrected chi connectivity index (χ1v) is 6.91. The average molecular weight is 248 g/mol. The predicted molar refractivity (Wildman–Crippen MR) is 79.7 cm³/mol. The number of hydrogen-bond acceptors (Lipinski definition) is 2. The number of nitrogens with two attached hydrogens (primary N) is 1. The van der Waals surface area contributed by atoms with Crippen LogP contribution in [0.3, 0.4) is 0 Å². The molecule has 2 N–H and O–H groups in total. The average Bonchev–Trinajstić information content (AvgIpc) is 2.32. The molecule has 0 spiro atoms. The summed E-state index contributed by atoms with van der Waals surface area (Å²) in [6, 6.07) is 6.85. The molecule has 0 saturated heterocycles. The summed E-state index contributed by atoms with van der Waals surface area (Å²) in [5.74, 6) is 0.569. The van der Waals surface area contributed by atoms with Gasteiger partial charge in [-0.15, -0.1) is 0 Å². The standard InChI is InChI=1S/C16H28N2/c1-12(2)16(17)9-10-18(5)11-15-8-6-7-13(3)14(15)4/h6-8,12,16H,9-11,17H2,1-5H3. The quantitative estimate of drug-likeness (QED) is 0.838. The van der Waals surface area contributed by atoms with Crippen molar-refractivity contribution in [2.45, 2.75) is 46.7 Å². The van der Waals surface area contributed by atoms with Crippen LogP contribution in [0.25, 0.3) is 0 Å². The van der Waals surface area contributed by atoms with Gasteiger partial charge < -0.3 is 10.6 Å². The lowest BCUT2D eigenvalue weighted by Gasteiger charge is -2.22. The van der Waals surface area contributed by atoms with Gasteiger partial charge in [-0.1, -0.05) is 32.0 Å². The molecule has 0 fully saturated rings. The van der Waals surface area contributed by atoms with Gasteiger partial charge in [-0.25, -0.2) is 0 Å². The van der Waals surface area contributed by atoms with E-state index in [-0.39, 0.29) is 0 Å². The van der Waals surface area contributed by atoms with Gasteiger partial charge in [0.25, 0.3) is 0 Å². The maximum atomic E-state index is 6.09. The Balaban J connectivity index is 2.49. The maximum Gasteiger partial charge on any atom is 0.0233 e. The predicted octanol–water partition coefficient (Wildman–Crippen LogP) is 3.11. The molecule has 0 aliphatic carbocycles. The van der Waals surface area contributed by atoms with Crippen LogP contribution in [-0.4, -0.2) is 24.5 Å². The number of nitrogens with zero attached hydrogens (tertiary/aromatic N) is 1. The van der Waals surface area contributed by atoms with Crippen LogP contribution in [0.5, 0.6) is 0 Å². The van der Waals surface area contributed by atoms with Gasteiger partial charge in [0, 0.05) is 12.6 Å². The van der Waals surface area contributed by atoms with Crippen LogP contribution in [-0.2, 0) is 6.54 Å². The van der Waals surface area contributed by atoms with Gasteiger partial charge >= 0.3 is 0 Å². The summed E-state index contributed by atoms with van der Waals surface area (Å²) in [6.07, 6.45) is 1.07. The Bertz CT molecular complexity index is 371. The third-order valence-electron chi connectivity index (χ3n) is 3.86. The molecule has 1 aromatic carbocycles. The van der Waals surface area contributed by atoms with Crippen LogP contribution in [0.15, 0.2) is 18.2 Å². The highest BCUT2D eigenvalue weighted by atomic mass is 15.1. The fourth-order valence-electron chi connectivity index (χ4n) is 2.06.